The van der Waals surface area contributed by atoms with Crippen LogP contribution in [0.5, 0.6) is 0 Å². The Kier molecular flexibility index (Phi) is 1.74. The second kappa shape index (κ2) is 2.95. The minimum atomic E-state index is -0.164. The Morgan fingerprint density at radius 3 is 2.64 bits per heavy atom. The van der Waals surface area contributed by atoms with E-state index in [2.05, 4.69) is 10.2 Å². The number of nitrogens with zero attached hydrogens (tertiary/aromatic N) is 2. The van der Waals surface area contributed by atoms with Gasteiger partial charge in [-0.25, -0.2) is 9.71 Å². The highest BCUT2D eigenvalue weighted by Gasteiger charge is 2.38. The summed E-state index contributed by atoms with van der Waals surface area (Å²) in [6.07, 6.45) is 1.18. The first kappa shape index (κ1) is 8.24. The average molecular weight is 191 g/mol. The molecule has 1 aromatic carbocycles. The van der Waals surface area contributed by atoms with Crippen molar-refractivity contribution in [3.63, 3.8) is 0 Å². The molecule has 2 fully saturated rings. The van der Waals surface area contributed by atoms with Crippen molar-refractivity contribution in [2.75, 3.05) is 18.0 Å². The van der Waals surface area contributed by atoms with Crippen molar-refractivity contribution in [3.05, 3.63) is 30.1 Å². The number of hydrogen-bond donors (Lipinski definition) is 0. The topological polar surface area (TPSA) is 17.3 Å². The number of benzene rings is 1. The Labute approximate surface area is 82.7 Å². The number of anilines is 1. The fourth-order valence-corrected chi connectivity index (χ4v) is 2.42. The number of halogens is 1. The van der Waals surface area contributed by atoms with E-state index in [0.717, 1.165) is 18.8 Å². The van der Waals surface area contributed by atoms with Gasteiger partial charge in [0.15, 0.2) is 0 Å². The highest BCUT2D eigenvalue weighted by Crippen LogP contribution is 2.29. The van der Waals surface area contributed by atoms with Crippen LogP contribution in [0.2, 0.25) is 0 Å². The third kappa shape index (κ3) is 1.20. The molecule has 2 aliphatic rings. The summed E-state index contributed by atoms with van der Waals surface area (Å²) < 4.78 is 12.7. The largest absolute Gasteiger partial charge is 0.366 e. The van der Waals surface area contributed by atoms with Crippen molar-refractivity contribution in [2.24, 2.45) is 0 Å². The Hall–Kier alpha value is -1.09. The van der Waals surface area contributed by atoms with Crippen LogP contribution in [0.3, 0.4) is 0 Å². The monoisotopic (exact) mass is 191 g/mol. The molecule has 0 N–H and O–H groups in total. The SMILES string of the molecule is Fc1ccc(N2CC3CC2C[N]3)cc1. The summed E-state index contributed by atoms with van der Waals surface area (Å²) >= 11 is 0. The van der Waals surface area contributed by atoms with Gasteiger partial charge in [-0.3, -0.25) is 0 Å². The molecule has 14 heavy (non-hydrogen) atoms. The maximum absolute atomic E-state index is 12.7. The van der Waals surface area contributed by atoms with Gasteiger partial charge in [-0.2, -0.15) is 0 Å². The first-order valence-corrected chi connectivity index (χ1v) is 5.02. The third-order valence-electron chi connectivity index (χ3n) is 3.12. The van der Waals surface area contributed by atoms with Crippen LogP contribution in [0.25, 0.3) is 0 Å². The lowest BCUT2D eigenvalue weighted by atomic mass is 10.2. The molecule has 0 amide bonds. The van der Waals surface area contributed by atoms with E-state index in [4.69, 9.17) is 0 Å². The van der Waals surface area contributed by atoms with Crippen molar-refractivity contribution in [1.82, 2.24) is 5.32 Å². The summed E-state index contributed by atoms with van der Waals surface area (Å²) in [6.45, 7) is 1.96. The van der Waals surface area contributed by atoms with E-state index in [1.807, 2.05) is 12.1 Å². The highest BCUT2D eigenvalue weighted by atomic mass is 19.1. The second-order valence-corrected chi connectivity index (χ2v) is 4.04. The molecule has 3 rings (SSSR count). The molecule has 2 bridgehead atoms. The maximum atomic E-state index is 12.7. The molecule has 0 aromatic heterocycles. The molecule has 73 valence electrons. The predicted octanol–water partition coefficient (Wildman–Crippen LogP) is 1.39. The zero-order valence-electron chi connectivity index (χ0n) is 7.86. The molecule has 3 heteroatoms. The molecule has 0 spiro atoms. The fraction of sp³-hybridized carbons (Fsp3) is 0.455. The van der Waals surface area contributed by atoms with Crippen LogP contribution in [0, 0.1) is 5.82 Å². The Morgan fingerprint density at radius 1 is 1.29 bits per heavy atom. The average Bonchev–Trinajstić information content (AvgIpc) is 2.80. The van der Waals surface area contributed by atoms with Crippen LogP contribution in [-0.4, -0.2) is 25.2 Å². The van der Waals surface area contributed by atoms with Crippen LogP contribution < -0.4 is 10.2 Å². The number of fused-ring (bicyclic) bond motifs is 2. The van der Waals surface area contributed by atoms with Gasteiger partial charge < -0.3 is 4.90 Å². The lowest BCUT2D eigenvalue weighted by molar-refractivity contribution is 0.568. The summed E-state index contributed by atoms with van der Waals surface area (Å²) in [4.78, 5) is 2.34. The summed E-state index contributed by atoms with van der Waals surface area (Å²) in [5.74, 6) is -0.164. The molecular weight excluding hydrogens is 179 g/mol. The van der Waals surface area contributed by atoms with Gasteiger partial charge in [0.05, 0.1) is 0 Å². The maximum Gasteiger partial charge on any atom is 0.123 e. The van der Waals surface area contributed by atoms with Gasteiger partial charge in [0.2, 0.25) is 0 Å². The molecule has 0 saturated carbocycles. The molecule has 2 nitrogen and oxygen atoms in total. The molecule has 2 saturated heterocycles. The van der Waals surface area contributed by atoms with Crippen LogP contribution in [0.4, 0.5) is 10.1 Å². The first-order chi connectivity index (χ1) is 6.83. The summed E-state index contributed by atoms with van der Waals surface area (Å²) in [5.41, 5.74) is 1.13. The molecule has 1 radical (unpaired) electrons. The van der Waals surface area contributed by atoms with Crippen molar-refractivity contribution in [2.45, 2.75) is 18.5 Å². The van der Waals surface area contributed by atoms with E-state index in [9.17, 15) is 4.39 Å². The smallest absolute Gasteiger partial charge is 0.123 e. The van der Waals surface area contributed by atoms with Gasteiger partial charge in [0.1, 0.15) is 5.82 Å². The Morgan fingerprint density at radius 2 is 2.07 bits per heavy atom. The Bertz CT molecular complexity index is 336. The lowest BCUT2D eigenvalue weighted by Crippen LogP contribution is -2.40. The minimum absolute atomic E-state index is 0.164. The van der Waals surface area contributed by atoms with E-state index in [-0.39, 0.29) is 5.82 Å². The van der Waals surface area contributed by atoms with Crippen LogP contribution in [-0.2, 0) is 0 Å². The van der Waals surface area contributed by atoms with E-state index in [1.54, 1.807) is 0 Å². The molecule has 0 aliphatic carbocycles. The van der Waals surface area contributed by atoms with Gasteiger partial charge in [0, 0.05) is 30.9 Å². The van der Waals surface area contributed by atoms with E-state index < -0.39 is 0 Å². The van der Waals surface area contributed by atoms with Gasteiger partial charge in [0.25, 0.3) is 0 Å². The molecular formula is C11H12FN2. The second-order valence-electron chi connectivity index (χ2n) is 4.04. The predicted molar refractivity (Wildman–Crippen MR) is 52.9 cm³/mol. The van der Waals surface area contributed by atoms with E-state index in [0.29, 0.717) is 12.1 Å². The summed E-state index contributed by atoms with van der Waals surface area (Å²) in [7, 11) is 0. The lowest BCUT2D eigenvalue weighted by Gasteiger charge is -2.28. The molecule has 2 aliphatic heterocycles. The highest BCUT2D eigenvalue weighted by molar-refractivity contribution is 5.49. The molecule has 1 aromatic rings. The van der Waals surface area contributed by atoms with Crippen LogP contribution in [0.1, 0.15) is 6.42 Å². The quantitative estimate of drug-likeness (QED) is 0.655. The number of piperazine rings is 1. The normalized spacial score (nSPS) is 29.9. The van der Waals surface area contributed by atoms with Crippen molar-refractivity contribution >= 4 is 5.69 Å². The summed E-state index contributed by atoms with van der Waals surface area (Å²) in [5, 5.41) is 4.48. The minimum Gasteiger partial charge on any atom is -0.366 e. The summed E-state index contributed by atoms with van der Waals surface area (Å²) in [6, 6.07) is 7.85. The van der Waals surface area contributed by atoms with Crippen molar-refractivity contribution in [1.29, 1.82) is 0 Å². The zero-order valence-corrected chi connectivity index (χ0v) is 7.86. The van der Waals surface area contributed by atoms with E-state index in [1.165, 1.54) is 18.6 Å². The van der Waals surface area contributed by atoms with Gasteiger partial charge in [-0.1, -0.05) is 0 Å². The molecule has 2 unspecified atom stereocenters. The van der Waals surface area contributed by atoms with Crippen molar-refractivity contribution in [3.8, 4) is 0 Å². The zero-order chi connectivity index (χ0) is 9.54. The van der Waals surface area contributed by atoms with Crippen LogP contribution >= 0.6 is 0 Å². The number of rotatable bonds is 1. The standard InChI is InChI=1S/C11H12FN2/c12-8-1-3-10(4-2-8)14-7-9-5-11(14)6-13-9/h1-4,9,11H,5-7H2. The van der Waals surface area contributed by atoms with Gasteiger partial charge >= 0.3 is 0 Å². The van der Waals surface area contributed by atoms with E-state index >= 15 is 0 Å². The third-order valence-corrected chi connectivity index (χ3v) is 3.12. The Balaban J connectivity index is 1.86. The number of hydrogen-bond acceptors (Lipinski definition) is 1. The van der Waals surface area contributed by atoms with Gasteiger partial charge in [-0.05, 0) is 30.7 Å². The molecule has 2 heterocycles. The first-order valence-electron chi connectivity index (χ1n) is 5.02. The van der Waals surface area contributed by atoms with Gasteiger partial charge in [-0.15, -0.1) is 0 Å². The van der Waals surface area contributed by atoms with Crippen LogP contribution in [0.15, 0.2) is 24.3 Å². The fourth-order valence-electron chi connectivity index (χ4n) is 2.42. The molecule has 2 atom stereocenters. The van der Waals surface area contributed by atoms with Crippen molar-refractivity contribution < 1.29 is 4.39 Å².